The van der Waals surface area contributed by atoms with E-state index in [1.54, 1.807) is 52.0 Å². The van der Waals surface area contributed by atoms with Gasteiger partial charge in [0.25, 0.3) is 0 Å². The van der Waals surface area contributed by atoms with Crippen LogP contribution >= 0.6 is 0 Å². The van der Waals surface area contributed by atoms with Gasteiger partial charge in [0.1, 0.15) is 25.3 Å². The van der Waals surface area contributed by atoms with E-state index in [1.165, 1.54) is 9.36 Å². The minimum absolute atomic E-state index is 0. The van der Waals surface area contributed by atoms with Crippen molar-refractivity contribution in [2.24, 2.45) is 11.5 Å². The second-order valence-electron chi connectivity index (χ2n) is 17.8. The van der Waals surface area contributed by atoms with Crippen molar-refractivity contribution in [3.8, 4) is 0 Å². The molecule has 426 valence electrons. The Kier molecular flexibility index (Phi) is 32.0. The first kappa shape index (κ1) is 67.6. The fourth-order valence-electron chi connectivity index (χ4n) is 6.25. The number of tetrazole rings is 2. The number of nitrogens with one attached hydrogen (secondary N) is 4. The van der Waals surface area contributed by atoms with Crippen LogP contribution in [-0.2, 0) is 59.6 Å². The number of aliphatic hydroxyl groups is 1. The molecule has 0 spiro atoms. The average Bonchev–Trinajstić information content (AvgIpc) is 4.06. The van der Waals surface area contributed by atoms with Crippen LogP contribution in [-0.4, -0.2) is 139 Å². The summed E-state index contributed by atoms with van der Waals surface area (Å²) in [5, 5.41) is 43.1. The summed E-state index contributed by atoms with van der Waals surface area (Å²) in [4.78, 5) is 60.8. The van der Waals surface area contributed by atoms with Gasteiger partial charge in [0.15, 0.2) is 11.6 Å². The predicted octanol–water partition coefficient (Wildman–Crippen LogP) is 4.34. The fourth-order valence-corrected chi connectivity index (χ4v) is 6.25. The Labute approximate surface area is 451 Å². The molecular formula is C52H82N14O11. The molecule has 0 aliphatic rings. The summed E-state index contributed by atoms with van der Waals surface area (Å²) in [5.41, 5.74) is 12.1. The number of unbranched alkanes of at least 4 members (excludes halogenated alkanes) is 2. The molecule has 77 heavy (non-hydrogen) atoms. The van der Waals surface area contributed by atoms with Gasteiger partial charge in [-0.05, 0) is 97.5 Å². The van der Waals surface area contributed by atoms with Crippen molar-refractivity contribution in [2.45, 2.75) is 125 Å². The summed E-state index contributed by atoms with van der Waals surface area (Å²) >= 11 is 0. The number of benzene rings is 3. The fraction of sp³-hybridized carbons (Fsp3) is 0.519. The molecule has 9 N–H and O–H groups in total. The van der Waals surface area contributed by atoms with E-state index in [0.29, 0.717) is 69.2 Å². The van der Waals surface area contributed by atoms with Gasteiger partial charge in [-0.3, -0.25) is 9.59 Å². The van der Waals surface area contributed by atoms with Gasteiger partial charge in [-0.25, -0.2) is 23.7 Å². The highest BCUT2D eigenvalue weighted by Crippen LogP contribution is 2.15. The number of ether oxygens (including phenoxy) is 5. The monoisotopic (exact) mass is 1080 g/mol. The van der Waals surface area contributed by atoms with Gasteiger partial charge in [0, 0.05) is 19.7 Å². The van der Waals surface area contributed by atoms with Crippen molar-refractivity contribution in [1.29, 1.82) is 0 Å². The molecule has 0 aliphatic carbocycles. The smallest absolute Gasteiger partial charge is 0.407 e. The minimum Gasteiger partial charge on any atom is -0.462 e. The van der Waals surface area contributed by atoms with E-state index in [4.69, 9.17) is 40.3 Å². The first-order chi connectivity index (χ1) is 35.5. The van der Waals surface area contributed by atoms with Crippen LogP contribution in [0.3, 0.4) is 0 Å². The van der Waals surface area contributed by atoms with Crippen LogP contribution in [0.25, 0.3) is 0 Å². The quantitative estimate of drug-likeness (QED) is 0.0191. The molecule has 2 atom stereocenters. The molecule has 5 aromatic rings. The van der Waals surface area contributed by atoms with Crippen LogP contribution in [0, 0.1) is 0 Å². The van der Waals surface area contributed by atoms with Crippen molar-refractivity contribution in [1.82, 2.24) is 61.7 Å². The molecule has 4 amide bonds. The van der Waals surface area contributed by atoms with Crippen molar-refractivity contribution in [3.05, 3.63) is 119 Å². The van der Waals surface area contributed by atoms with Crippen LogP contribution in [0.1, 0.15) is 121 Å². The lowest BCUT2D eigenvalue weighted by Gasteiger charge is -2.23. The Balaban J connectivity index is 0.000000757. The van der Waals surface area contributed by atoms with Gasteiger partial charge < -0.3 is 61.5 Å². The van der Waals surface area contributed by atoms with E-state index in [-0.39, 0.29) is 86.9 Å². The molecule has 0 bridgehead atoms. The Hall–Kier alpha value is -7.45. The van der Waals surface area contributed by atoms with Gasteiger partial charge in [-0.2, -0.15) is 0 Å². The second-order valence-corrected chi connectivity index (χ2v) is 17.8. The van der Waals surface area contributed by atoms with Crippen LogP contribution < -0.4 is 32.7 Å². The minimum atomic E-state index is -1.12. The number of hydrogen-bond donors (Lipinski definition) is 7. The Morgan fingerprint density at radius 3 is 1.38 bits per heavy atom. The average molecular weight is 1080 g/mol. The Morgan fingerprint density at radius 1 is 0.571 bits per heavy atom. The van der Waals surface area contributed by atoms with Gasteiger partial charge in [0.05, 0.1) is 62.8 Å². The standard InChI is InChI=1S/C28H37N7O6.C21H33N7O5.3CH4/c1-28(2,29)26(37)31-23(20-39-19-21-11-5-3-6-12-21)24-32-33-34-35(24)16-18-41-27(38)30-15-9-10-17-40-25(36)22-13-7-4-8-14-22;1-21(2,22)19(30)24-17(15-32-14-16-8-4-3-5-9-16)18-25-26-27-28(18)11-13-33-20(31)23-10-6-7-12-29;;;/h3-8,11-14,23H,9-10,15-20,29H2,1-2H3,(H,30,38)(H,31,37);3-5,8-9,17,29H,6-7,10-15,22H2,1-2H3,(H,23,31)(H,24,30);3*1H4/t23-;17-;;;/m11.../s1. The molecule has 3 aromatic carbocycles. The highest BCUT2D eigenvalue weighted by Gasteiger charge is 2.30. The highest BCUT2D eigenvalue weighted by atomic mass is 16.6. The molecule has 0 saturated heterocycles. The maximum Gasteiger partial charge on any atom is 0.407 e. The molecule has 5 rings (SSSR count). The van der Waals surface area contributed by atoms with E-state index in [0.717, 1.165) is 11.1 Å². The molecule has 2 aromatic heterocycles. The lowest BCUT2D eigenvalue weighted by molar-refractivity contribution is -0.127. The number of hydrogen-bond acceptors (Lipinski definition) is 19. The summed E-state index contributed by atoms with van der Waals surface area (Å²) in [6.45, 7) is 8.73. The second kappa shape index (κ2) is 36.5. The van der Waals surface area contributed by atoms with Crippen LogP contribution in [0.2, 0.25) is 0 Å². The molecule has 25 nitrogen and oxygen atoms in total. The van der Waals surface area contributed by atoms with Crippen LogP contribution in [0.4, 0.5) is 9.59 Å². The van der Waals surface area contributed by atoms with E-state index >= 15 is 0 Å². The number of aliphatic hydroxyl groups excluding tert-OH is 1. The largest absolute Gasteiger partial charge is 0.462 e. The summed E-state index contributed by atoms with van der Waals surface area (Å²) in [6.07, 6.45) is 1.30. The van der Waals surface area contributed by atoms with E-state index in [1.807, 2.05) is 66.7 Å². The number of amides is 4. The van der Waals surface area contributed by atoms with E-state index < -0.39 is 41.3 Å². The number of alkyl carbamates (subject to hydrolysis) is 2. The summed E-state index contributed by atoms with van der Waals surface area (Å²) in [7, 11) is 0. The third-order valence-electron chi connectivity index (χ3n) is 10.3. The zero-order valence-corrected chi connectivity index (χ0v) is 42.4. The molecule has 0 aliphatic heterocycles. The lowest BCUT2D eigenvalue weighted by atomic mass is 10.1. The number of nitrogens with two attached hydrogens (primary N) is 2. The summed E-state index contributed by atoms with van der Waals surface area (Å²) in [6, 6.07) is 26.6. The zero-order chi connectivity index (χ0) is 53.6. The van der Waals surface area contributed by atoms with Gasteiger partial charge in [0.2, 0.25) is 11.8 Å². The number of esters is 1. The lowest BCUT2D eigenvalue weighted by Crippen LogP contribution is -2.51. The maximum absolute atomic E-state index is 12.6. The molecule has 25 heteroatoms. The molecule has 0 radical (unpaired) electrons. The molecular weight excluding hydrogens is 997 g/mol. The van der Waals surface area contributed by atoms with Gasteiger partial charge in [-0.1, -0.05) is 101 Å². The summed E-state index contributed by atoms with van der Waals surface area (Å²) in [5.74, 6) is -0.469. The SMILES string of the molecule is C.C.C.CC(C)(N)C(=O)N[C@H](COCc1ccccc1)c1nnnn1CCOC(=O)NCCCCO.CC(C)(N)C(=O)N[C@H](COCc1ccccc1)c1nnnn1CCOC(=O)NCCCCOC(=O)c1ccccc1. The predicted molar refractivity (Wildman–Crippen MR) is 287 cm³/mol. The Bertz CT molecular complexity index is 2420. The van der Waals surface area contributed by atoms with E-state index in [9.17, 15) is 24.0 Å². The molecule has 0 saturated carbocycles. The maximum atomic E-state index is 12.6. The number of rotatable bonds is 30. The molecule has 0 unspecified atom stereocenters. The third kappa shape index (κ3) is 26.2. The van der Waals surface area contributed by atoms with E-state index in [2.05, 4.69) is 52.3 Å². The summed E-state index contributed by atoms with van der Waals surface area (Å²) < 4.78 is 30.1. The van der Waals surface area contributed by atoms with Gasteiger partial charge in [-0.15, -0.1) is 10.2 Å². The third-order valence-corrected chi connectivity index (χ3v) is 10.3. The number of carbonyl (C=O) groups is 5. The van der Waals surface area contributed by atoms with Crippen molar-refractivity contribution in [2.75, 3.05) is 52.7 Å². The Morgan fingerprint density at radius 2 is 0.974 bits per heavy atom. The highest BCUT2D eigenvalue weighted by molar-refractivity contribution is 5.89. The van der Waals surface area contributed by atoms with Crippen molar-refractivity contribution >= 4 is 30.0 Å². The molecule has 2 heterocycles. The first-order valence-electron chi connectivity index (χ1n) is 24.1. The molecule has 0 fully saturated rings. The number of carbonyl (C=O) groups excluding carboxylic acids is 5. The normalized spacial score (nSPS) is 11.6. The van der Waals surface area contributed by atoms with Crippen LogP contribution in [0.15, 0.2) is 91.0 Å². The topological polar surface area (TPSA) is 339 Å². The van der Waals surface area contributed by atoms with Crippen molar-refractivity contribution in [3.63, 3.8) is 0 Å². The van der Waals surface area contributed by atoms with Crippen molar-refractivity contribution < 1.29 is 52.8 Å². The van der Waals surface area contributed by atoms with Crippen LogP contribution in [0.5, 0.6) is 0 Å². The number of nitrogens with zero attached hydrogens (tertiary/aromatic N) is 8. The first-order valence-corrected chi connectivity index (χ1v) is 24.1. The van der Waals surface area contributed by atoms with Gasteiger partial charge >= 0.3 is 18.2 Å². The zero-order valence-electron chi connectivity index (χ0n) is 42.4. The number of aromatic nitrogens is 8.